The molecular weight excluding hydrogens is 576 g/mol. The van der Waals surface area contributed by atoms with E-state index in [4.69, 9.17) is 14.2 Å². The third kappa shape index (κ3) is 22.4. The topological polar surface area (TPSA) is 112 Å². The van der Waals surface area contributed by atoms with Gasteiger partial charge in [-0.3, -0.25) is 34.0 Å². The van der Waals surface area contributed by atoms with Crippen LogP contribution in [0.25, 0.3) is 0 Å². The lowest BCUT2D eigenvalue weighted by molar-refractivity contribution is -0.158. The van der Waals surface area contributed by atoms with Gasteiger partial charge in [-0.15, -0.1) is 0 Å². The Morgan fingerprint density at radius 1 is 0.556 bits per heavy atom. The standard InChI is InChI=1S/C34H66N4O7/c1-11-12-13-14-15-28(39)24-35-16-18-36(25-29(40)43-32(2,3)4)20-22-38(27-31(42)45-34(8,9)10)23-21-37(19-17-35)26-30(41)44-33(5,6)7/h28,39H,11-27H2,1-10H3. The van der Waals surface area contributed by atoms with Crippen molar-refractivity contribution in [2.75, 3.05) is 78.5 Å². The highest BCUT2D eigenvalue weighted by Gasteiger charge is 2.26. The third-order valence-electron chi connectivity index (χ3n) is 7.11. The summed E-state index contributed by atoms with van der Waals surface area (Å²) in [6.45, 7) is 24.4. The molecule has 1 atom stereocenters. The summed E-state index contributed by atoms with van der Waals surface area (Å²) in [6, 6.07) is 0. The van der Waals surface area contributed by atoms with Gasteiger partial charge in [0.1, 0.15) is 16.8 Å². The zero-order valence-electron chi connectivity index (χ0n) is 30.3. The summed E-state index contributed by atoms with van der Waals surface area (Å²) in [6.07, 6.45) is 4.72. The van der Waals surface area contributed by atoms with Crippen molar-refractivity contribution in [3.05, 3.63) is 0 Å². The Morgan fingerprint density at radius 3 is 1.16 bits per heavy atom. The molecule has 11 nitrogen and oxygen atoms in total. The molecule has 0 aliphatic carbocycles. The molecule has 0 saturated carbocycles. The monoisotopic (exact) mass is 642 g/mol. The van der Waals surface area contributed by atoms with E-state index in [0.717, 1.165) is 25.7 Å². The van der Waals surface area contributed by atoms with Gasteiger partial charge in [-0.05, 0) is 68.7 Å². The van der Waals surface area contributed by atoms with Crippen molar-refractivity contribution in [1.29, 1.82) is 0 Å². The maximum absolute atomic E-state index is 12.8. The molecule has 1 saturated heterocycles. The summed E-state index contributed by atoms with van der Waals surface area (Å²) in [7, 11) is 0. The molecule has 45 heavy (non-hydrogen) atoms. The molecule has 0 bridgehead atoms. The quantitative estimate of drug-likeness (QED) is 0.181. The molecule has 1 aliphatic rings. The summed E-state index contributed by atoms with van der Waals surface area (Å²) < 4.78 is 16.9. The third-order valence-corrected chi connectivity index (χ3v) is 7.11. The van der Waals surface area contributed by atoms with Crippen molar-refractivity contribution in [3.8, 4) is 0 Å². The van der Waals surface area contributed by atoms with E-state index in [-0.39, 0.29) is 37.5 Å². The molecule has 264 valence electrons. The van der Waals surface area contributed by atoms with Crippen LogP contribution in [0.15, 0.2) is 0 Å². The molecule has 1 N–H and O–H groups in total. The van der Waals surface area contributed by atoms with E-state index in [1.165, 1.54) is 6.42 Å². The summed E-state index contributed by atoms with van der Waals surface area (Å²) >= 11 is 0. The van der Waals surface area contributed by atoms with Gasteiger partial charge in [-0.1, -0.05) is 32.6 Å². The van der Waals surface area contributed by atoms with E-state index in [2.05, 4.69) is 21.6 Å². The Balaban J connectivity index is 3.17. The predicted octanol–water partition coefficient (Wildman–Crippen LogP) is 3.56. The van der Waals surface area contributed by atoms with Crippen LogP contribution in [0.3, 0.4) is 0 Å². The fraction of sp³-hybridized carbons (Fsp3) is 0.912. The van der Waals surface area contributed by atoms with Crippen LogP contribution in [0.4, 0.5) is 0 Å². The Labute approximate surface area is 273 Å². The van der Waals surface area contributed by atoms with Crippen molar-refractivity contribution in [2.24, 2.45) is 0 Å². The number of aliphatic hydroxyl groups excluding tert-OH is 1. The number of esters is 3. The van der Waals surface area contributed by atoms with Crippen LogP contribution in [0, 0.1) is 0 Å². The Bertz CT molecular complexity index is 833. The van der Waals surface area contributed by atoms with Crippen molar-refractivity contribution in [1.82, 2.24) is 19.6 Å². The van der Waals surface area contributed by atoms with Crippen LogP contribution >= 0.6 is 0 Å². The van der Waals surface area contributed by atoms with E-state index in [0.29, 0.717) is 58.9 Å². The Morgan fingerprint density at radius 2 is 0.867 bits per heavy atom. The summed E-state index contributed by atoms with van der Waals surface area (Å²) in [4.78, 5) is 46.9. The van der Waals surface area contributed by atoms with Gasteiger partial charge >= 0.3 is 17.9 Å². The lowest BCUT2D eigenvalue weighted by atomic mass is 10.1. The average molecular weight is 643 g/mol. The van der Waals surface area contributed by atoms with E-state index in [1.807, 2.05) is 67.2 Å². The fourth-order valence-corrected chi connectivity index (χ4v) is 5.10. The van der Waals surface area contributed by atoms with E-state index < -0.39 is 22.9 Å². The molecule has 1 rings (SSSR count). The Hall–Kier alpha value is -1.79. The highest BCUT2D eigenvalue weighted by molar-refractivity contribution is 5.73. The second-order valence-electron chi connectivity index (χ2n) is 15.4. The smallest absolute Gasteiger partial charge is 0.320 e. The number of aliphatic hydroxyl groups is 1. The predicted molar refractivity (Wildman–Crippen MR) is 178 cm³/mol. The van der Waals surface area contributed by atoms with Crippen molar-refractivity contribution < 1.29 is 33.7 Å². The lowest BCUT2D eigenvalue weighted by Gasteiger charge is -2.35. The highest BCUT2D eigenvalue weighted by atomic mass is 16.6. The van der Waals surface area contributed by atoms with Crippen molar-refractivity contribution >= 4 is 17.9 Å². The summed E-state index contributed by atoms with van der Waals surface area (Å²) in [5, 5.41) is 10.9. The first-order chi connectivity index (χ1) is 20.7. The lowest BCUT2D eigenvalue weighted by Crippen LogP contribution is -2.50. The molecule has 1 heterocycles. The molecule has 0 aromatic heterocycles. The summed E-state index contributed by atoms with van der Waals surface area (Å²) in [5.41, 5.74) is -1.77. The first-order valence-electron chi connectivity index (χ1n) is 17.0. The van der Waals surface area contributed by atoms with E-state index >= 15 is 0 Å². The minimum absolute atomic E-state index is 0.105. The normalized spacial score (nSPS) is 18.5. The Kier molecular flexibility index (Phi) is 18.1. The molecule has 0 aromatic carbocycles. The van der Waals surface area contributed by atoms with Crippen LogP contribution in [-0.4, -0.2) is 144 Å². The van der Waals surface area contributed by atoms with Gasteiger partial charge < -0.3 is 19.3 Å². The van der Waals surface area contributed by atoms with E-state index in [1.54, 1.807) is 0 Å². The van der Waals surface area contributed by atoms with Crippen LogP contribution in [0.2, 0.25) is 0 Å². The number of hydrogen-bond acceptors (Lipinski definition) is 11. The molecule has 1 aliphatic heterocycles. The van der Waals surface area contributed by atoms with Gasteiger partial charge in [0.05, 0.1) is 25.7 Å². The number of β-amino-alcohol motifs (C(OH)–C–C–N with tert-alkyl or cyclic N) is 1. The van der Waals surface area contributed by atoms with Crippen LogP contribution < -0.4 is 0 Å². The second-order valence-corrected chi connectivity index (χ2v) is 15.4. The number of hydrogen-bond donors (Lipinski definition) is 1. The van der Waals surface area contributed by atoms with Crippen LogP contribution in [0.5, 0.6) is 0 Å². The maximum Gasteiger partial charge on any atom is 0.320 e. The molecule has 0 aromatic rings. The number of ether oxygens (including phenoxy) is 3. The largest absolute Gasteiger partial charge is 0.459 e. The first kappa shape index (κ1) is 41.2. The zero-order valence-corrected chi connectivity index (χ0v) is 30.3. The average Bonchev–Trinajstić information content (AvgIpc) is 2.84. The van der Waals surface area contributed by atoms with Gasteiger partial charge in [0, 0.05) is 58.9 Å². The van der Waals surface area contributed by atoms with E-state index in [9.17, 15) is 19.5 Å². The SMILES string of the molecule is CCCCCCC(O)CN1CCN(CC(=O)OC(C)(C)C)CCN(CC(=O)OC(C)(C)C)CCN(CC(=O)OC(C)(C)C)CC1. The van der Waals surface area contributed by atoms with Crippen LogP contribution in [-0.2, 0) is 28.6 Å². The van der Waals surface area contributed by atoms with Gasteiger partial charge in [0.2, 0.25) is 0 Å². The minimum Gasteiger partial charge on any atom is -0.459 e. The number of carbonyl (C=O) groups excluding carboxylic acids is 3. The molecular formula is C34H66N4O7. The molecule has 11 heteroatoms. The van der Waals surface area contributed by atoms with Gasteiger partial charge in [-0.2, -0.15) is 0 Å². The summed E-state index contributed by atoms with van der Waals surface area (Å²) in [5.74, 6) is -0.898. The highest BCUT2D eigenvalue weighted by Crippen LogP contribution is 2.12. The number of rotatable bonds is 13. The van der Waals surface area contributed by atoms with Gasteiger partial charge in [0.15, 0.2) is 0 Å². The van der Waals surface area contributed by atoms with Gasteiger partial charge in [0.25, 0.3) is 0 Å². The molecule has 0 radical (unpaired) electrons. The molecule has 0 spiro atoms. The minimum atomic E-state index is -0.598. The number of unbranched alkanes of at least 4 members (excludes halogenated alkanes) is 3. The molecule has 1 unspecified atom stereocenters. The van der Waals surface area contributed by atoms with Crippen molar-refractivity contribution in [3.63, 3.8) is 0 Å². The van der Waals surface area contributed by atoms with Crippen LogP contribution in [0.1, 0.15) is 101 Å². The second kappa shape index (κ2) is 19.8. The number of carbonyl (C=O) groups is 3. The zero-order chi connectivity index (χ0) is 34.3. The fourth-order valence-electron chi connectivity index (χ4n) is 5.10. The molecule has 0 amide bonds. The number of nitrogens with zero attached hydrogens (tertiary/aromatic N) is 4. The molecule has 1 fully saturated rings. The first-order valence-corrected chi connectivity index (χ1v) is 17.0. The van der Waals surface area contributed by atoms with Crippen molar-refractivity contribution in [2.45, 2.75) is 124 Å². The van der Waals surface area contributed by atoms with Gasteiger partial charge in [-0.25, -0.2) is 0 Å². The maximum atomic E-state index is 12.8.